The predicted molar refractivity (Wildman–Crippen MR) is 106 cm³/mol. The first kappa shape index (κ1) is 20.8. The molecule has 2 rings (SSSR count). The summed E-state index contributed by atoms with van der Waals surface area (Å²) in [6, 6.07) is 5.54. The SMILES string of the molecule is CCOC(=O)/C=C\Nc1c(N=Nc2ccc(C)c(C)c2)c(=O)n(C)c(=O)n1C. The first-order chi connectivity index (χ1) is 13.3. The Labute approximate surface area is 162 Å². The molecule has 0 unspecified atom stereocenters. The first-order valence-corrected chi connectivity index (χ1v) is 8.65. The highest BCUT2D eigenvalue weighted by molar-refractivity contribution is 5.82. The Hall–Kier alpha value is -3.49. The number of ether oxygens (including phenoxy) is 1. The van der Waals surface area contributed by atoms with Crippen LogP contribution in [-0.4, -0.2) is 21.7 Å². The van der Waals surface area contributed by atoms with Gasteiger partial charge in [-0.3, -0.25) is 13.9 Å². The number of azo groups is 1. The third-order valence-electron chi connectivity index (χ3n) is 4.12. The highest BCUT2D eigenvalue weighted by atomic mass is 16.5. The molecule has 2 aromatic rings. The zero-order chi connectivity index (χ0) is 20.8. The van der Waals surface area contributed by atoms with E-state index >= 15 is 0 Å². The Morgan fingerprint density at radius 2 is 1.86 bits per heavy atom. The van der Waals surface area contributed by atoms with Gasteiger partial charge >= 0.3 is 11.7 Å². The summed E-state index contributed by atoms with van der Waals surface area (Å²) >= 11 is 0. The predicted octanol–water partition coefficient (Wildman–Crippen LogP) is 2.60. The Balaban J connectivity index is 2.48. The summed E-state index contributed by atoms with van der Waals surface area (Å²) in [4.78, 5) is 36.2. The number of hydrogen-bond acceptors (Lipinski definition) is 7. The lowest BCUT2D eigenvalue weighted by atomic mass is 10.1. The van der Waals surface area contributed by atoms with Gasteiger partial charge in [0.2, 0.25) is 0 Å². The normalized spacial score (nSPS) is 11.3. The molecule has 0 saturated heterocycles. The summed E-state index contributed by atoms with van der Waals surface area (Å²) in [6.45, 7) is 5.86. The maximum absolute atomic E-state index is 12.5. The standard InChI is InChI=1S/C19H23N5O4/c1-6-28-15(25)9-10-20-17-16(18(26)24(5)19(27)23(17)4)22-21-14-8-7-12(2)13(3)11-14/h7-11,20H,6H2,1-5H3/b10-9-,22-21?. The second-order valence-corrected chi connectivity index (χ2v) is 6.10. The van der Waals surface area contributed by atoms with Crippen LogP contribution in [0.1, 0.15) is 18.1 Å². The number of anilines is 1. The number of nitrogens with zero attached hydrogens (tertiary/aromatic N) is 4. The van der Waals surface area contributed by atoms with Gasteiger partial charge in [0, 0.05) is 26.4 Å². The molecule has 28 heavy (non-hydrogen) atoms. The van der Waals surface area contributed by atoms with Crippen molar-refractivity contribution in [2.45, 2.75) is 20.8 Å². The third-order valence-corrected chi connectivity index (χ3v) is 4.12. The Bertz CT molecular complexity index is 1060. The Morgan fingerprint density at radius 1 is 1.14 bits per heavy atom. The lowest BCUT2D eigenvalue weighted by Gasteiger charge is -2.11. The van der Waals surface area contributed by atoms with E-state index in [-0.39, 0.29) is 18.1 Å². The second kappa shape index (κ2) is 8.94. The van der Waals surface area contributed by atoms with Crippen molar-refractivity contribution in [2.75, 3.05) is 11.9 Å². The van der Waals surface area contributed by atoms with E-state index in [0.717, 1.165) is 21.8 Å². The van der Waals surface area contributed by atoms with Gasteiger partial charge in [-0.25, -0.2) is 9.59 Å². The highest BCUT2D eigenvalue weighted by Gasteiger charge is 2.15. The van der Waals surface area contributed by atoms with Crippen molar-refractivity contribution in [3.63, 3.8) is 0 Å². The molecule has 0 amide bonds. The van der Waals surface area contributed by atoms with E-state index < -0.39 is 17.2 Å². The monoisotopic (exact) mass is 385 g/mol. The Kier molecular flexibility index (Phi) is 6.64. The fourth-order valence-corrected chi connectivity index (χ4v) is 2.36. The van der Waals surface area contributed by atoms with E-state index in [4.69, 9.17) is 4.74 Å². The topological polar surface area (TPSA) is 107 Å². The summed E-state index contributed by atoms with van der Waals surface area (Å²) in [5, 5.41) is 10.9. The minimum Gasteiger partial charge on any atom is -0.463 e. The minimum absolute atomic E-state index is 0.0589. The molecule has 0 radical (unpaired) electrons. The molecule has 0 aliphatic carbocycles. The fraction of sp³-hybridized carbons (Fsp3) is 0.316. The molecule has 1 heterocycles. The maximum Gasteiger partial charge on any atom is 0.332 e. The van der Waals surface area contributed by atoms with Crippen LogP contribution in [0.4, 0.5) is 17.2 Å². The van der Waals surface area contributed by atoms with E-state index in [0.29, 0.717) is 5.69 Å². The number of benzene rings is 1. The fourth-order valence-electron chi connectivity index (χ4n) is 2.36. The van der Waals surface area contributed by atoms with Gasteiger partial charge in [-0.05, 0) is 44.0 Å². The van der Waals surface area contributed by atoms with E-state index in [1.807, 2.05) is 26.0 Å². The number of nitrogens with one attached hydrogen (secondary N) is 1. The molecule has 0 aliphatic heterocycles. The molecule has 1 N–H and O–H groups in total. The molecular weight excluding hydrogens is 362 g/mol. The van der Waals surface area contributed by atoms with Gasteiger partial charge in [0.05, 0.1) is 12.3 Å². The summed E-state index contributed by atoms with van der Waals surface area (Å²) in [5.41, 5.74) is 1.53. The van der Waals surface area contributed by atoms with Crippen molar-refractivity contribution in [3.8, 4) is 0 Å². The smallest absolute Gasteiger partial charge is 0.332 e. The number of aryl methyl sites for hydroxylation is 2. The highest BCUT2D eigenvalue weighted by Crippen LogP contribution is 2.23. The van der Waals surface area contributed by atoms with Crippen molar-refractivity contribution >= 4 is 23.2 Å². The summed E-state index contributed by atoms with van der Waals surface area (Å²) in [5.74, 6) is -0.441. The zero-order valence-corrected chi connectivity index (χ0v) is 16.5. The molecule has 0 aliphatic rings. The molecular formula is C19H23N5O4. The summed E-state index contributed by atoms with van der Waals surface area (Å²) in [6.07, 6.45) is 2.43. The van der Waals surface area contributed by atoms with Crippen LogP contribution < -0.4 is 16.6 Å². The average molecular weight is 385 g/mol. The number of hydrogen-bond donors (Lipinski definition) is 1. The van der Waals surface area contributed by atoms with Crippen molar-refractivity contribution in [2.24, 2.45) is 24.3 Å². The van der Waals surface area contributed by atoms with E-state index in [2.05, 4.69) is 15.5 Å². The summed E-state index contributed by atoms with van der Waals surface area (Å²) in [7, 11) is 2.84. The molecule has 1 aromatic carbocycles. The minimum atomic E-state index is -0.609. The van der Waals surface area contributed by atoms with Crippen molar-refractivity contribution < 1.29 is 9.53 Å². The largest absolute Gasteiger partial charge is 0.463 e. The Morgan fingerprint density at radius 3 is 2.50 bits per heavy atom. The van der Waals surface area contributed by atoms with Gasteiger partial charge in [0.15, 0.2) is 5.69 Å². The third kappa shape index (κ3) is 4.61. The summed E-state index contributed by atoms with van der Waals surface area (Å²) < 4.78 is 6.94. The van der Waals surface area contributed by atoms with Gasteiger partial charge < -0.3 is 10.1 Å². The number of carbonyl (C=O) groups is 1. The molecule has 1 aromatic heterocycles. The number of rotatable bonds is 6. The molecule has 0 atom stereocenters. The van der Waals surface area contributed by atoms with Crippen LogP contribution in [-0.2, 0) is 23.6 Å². The second-order valence-electron chi connectivity index (χ2n) is 6.10. The lowest BCUT2D eigenvalue weighted by Crippen LogP contribution is -2.37. The molecule has 9 nitrogen and oxygen atoms in total. The molecule has 0 saturated carbocycles. The molecule has 0 fully saturated rings. The van der Waals surface area contributed by atoms with E-state index in [9.17, 15) is 14.4 Å². The van der Waals surface area contributed by atoms with E-state index in [1.54, 1.807) is 13.0 Å². The van der Waals surface area contributed by atoms with Gasteiger partial charge in [-0.1, -0.05) is 6.07 Å². The van der Waals surface area contributed by atoms with E-state index in [1.165, 1.54) is 24.9 Å². The number of esters is 1. The van der Waals surface area contributed by atoms with Crippen LogP contribution in [0, 0.1) is 13.8 Å². The zero-order valence-electron chi connectivity index (χ0n) is 16.5. The molecule has 0 bridgehead atoms. The van der Waals surface area contributed by atoms with Gasteiger partial charge in [0.25, 0.3) is 5.56 Å². The average Bonchev–Trinajstić information content (AvgIpc) is 2.66. The van der Waals surface area contributed by atoms with Crippen LogP contribution in [0.2, 0.25) is 0 Å². The van der Waals surface area contributed by atoms with Crippen molar-refractivity contribution in [3.05, 3.63) is 62.4 Å². The van der Waals surface area contributed by atoms with Gasteiger partial charge in [-0.2, -0.15) is 5.11 Å². The number of aromatic nitrogens is 2. The first-order valence-electron chi connectivity index (χ1n) is 8.65. The molecule has 148 valence electrons. The van der Waals surface area contributed by atoms with Crippen LogP contribution >= 0.6 is 0 Å². The number of carbonyl (C=O) groups excluding carboxylic acids is 1. The quantitative estimate of drug-likeness (QED) is 0.467. The van der Waals surface area contributed by atoms with Crippen LogP contribution in [0.3, 0.4) is 0 Å². The van der Waals surface area contributed by atoms with Crippen LogP contribution in [0.5, 0.6) is 0 Å². The lowest BCUT2D eigenvalue weighted by molar-refractivity contribution is -0.137. The molecule has 0 spiro atoms. The van der Waals surface area contributed by atoms with Gasteiger partial charge in [-0.15, -0.1) is 5.11 Å². The van der Waals surface area contributed by atoms with Crippen molar-refractivity contribution in [1.29, 1.82) is 0 Å². The van der Waals surface area contributed by atoms with Crippen LogP contribution in [0.15, 0.2) is 50.3 Å². The maximum atomic E-state index is 12.5. The van der Waals surface area contributed by atoms with Crippen molar-refractivity contribution in [1.82, 2.24) is 9.13 Å². The van der Waals surface area contributed by atoms with Crippen LogP contribution in [0.25, 0.3) is 0 Å². The molecule has 9 heteroatoms. The van der Waals surface area contributed by atoms with Gasteiger partial charge in [0.1, 0.15) is 5.82 Å².